The SMILES string of the molecule is CON(C)C(=O)CC1(NC(=O)c2c[nH]nc2Nc2ccc(S(C)(=O)=O)cc2)CCC(OCc2ccccc2)CC1. The van der Waals surface area contributed by atoms with E-state index >= 15 is 0 Å². The number of hydrogen-bond acceptors (Lipinski definition) is 8. The number of H-pyrrole nitrogens is 1. The summed E-state index contributed by atoms with van der Waals surface area (Å²) >= 11 is 0. The Morgan fingerprint density at radius 2 is 1.77 bits per heavy atom. The van der Waals surface area contributed by atoms with Crippen molar-refractivity contribution in [2.75, 3.05) is 25.7 Å². The van der Waals surface area contributed by atoms with E-state index in [0.717, 1.165) is 16.9 Å². The third-order valence-electron chi connectivity index (χ3n) is 7.14. The molecule has 0 bridgehead atoms. The van der Waals surface area contributed by atoms with Gasteiger partial charge in [-0.1, -0.05) is 30.3 Å². The highest BCUT2D eigenvalue weighted by Gasteiger charge is 2.40. The molecule has 3 aromatic rings. The van der Waals surface area contributed by atoms with Gasteiger partial charge in [0.2, 0.25) is 5.91 Å². The maximum atomic E-state index is 13.5. The van der Waals surface area contributed by atoms with E-state index < -0.39 is 15.4 Å². The quantitative estimate of drug-likeness (QED) is 0.297. The third kappa shape index (κ3) is 7.46. The Balaban J connectivity index is 1.45. The zero-order valence-corrected chi connectivity index (χ0v) is 23.7. The molecule has 2 amide bonds. The van der Waals surface area contributed by atoms with Crippen molar-refractivity contribution in [3.63, 3.8) is 0 Å². The summed E-state index contributed by atoms with van der Waals surface area (Å²) < 4.78 is 29.6. The van der Waals surface area contributed by atoms with Crippen LogP contribution in [0.15, 0.2) is 65.7 Å². The molecule has 0 atom stereocenters. The van der Waals surface area contributed by atoms with Crippen LogP contribution < -0.4 is 10.6 Å². The number of aromatic amines is 1. The van der Waals surface area contributed by atoms with E-state index in [-0.39, 0.29) is 40.6 Å². The summed E-state index contributed by atoms with van der Waals surface area (Å²) in [7, 11) is -0.368. The van der Waals surface area contributed by atoms with Gasteiger partial charge in [-0.15, -0.1) is 0 Å². The van der Waals surface area contributed by atoms with Crippen molar-refractivity contribution in [1.82, 2.24) is 20.6 Å². The molecule has 4 rings (SSSR count). The first-order chi connectivity index (χ1) is 19.1. The summed E-state index contributed by atoms with van der Waals surface area (Å²) in [5, 5.41) is 14.2. The highest BCUT2D eigenvalue weighted by molar-refractivity contribution is 7.90. The van der Waals surface area contributed by atoms with Gasteiger partial charge in [-0.3, -0.25) is 19.5 Å². The van der Waals surface area contributed by atoms with Gasteiger partial charge in [0, 0.05) is 30.7 Å². The minimum Gasteiger partial charge on any atom is -0.374 e. The van der Waals surface area contributed by atoms with E-state index in [9.17, 15) is 18.0 Å². The molecule has 1 aromatic heterocycles. The molecule has 12 heteroatoms. The summed E-state index contributed by atoms with van der Waals surface area (Å²) in [4.78, 5) is 31.6. The molecule has 3 N–H and O–H groups in total. The smallest absolute Gasteiger partial charge is 0.257 e. The molecular weight excluding hydrogens is 534 g/mol. The van der Waals surface area contributed by atoms with Crippen molar-refractivity contribution < 1.29 is 27.6 Å². The average Bonchev–Trinajstić information content (AvgIpc) is 3.41. The standard InChI is InChI=1S/C28H35N5O6S/c1-33(38-2)25(34)17-28(15-13-22(14-16-28)39-19-20-7-5-4-6-8-20)31-27(35)24-18-29-32-26(24)30-21-9-11-23(12-10-21)40(3,36)37/h4-12,18,22H,13-17,19H2,1-3H3,(H,31,35)(H2,29,30,32). The second-order valence-electron chi connectivity index (χ2n) is 10.1. The summed E-state index contributed by atoms with van der Waals surface area (Å²) in [6, 6.07) is 16.1. The largest absolute Gasteiger partial charge is 0.374 e. The Kier molecular flexibility index (Phi) is 9.23. The number of aromatic nitrogens is 2. The van der Waals surface area contributed by atoms with Crippen LogP contribution in [0.25, 0.3) is 0 Å². The minimum atomic E-state index is -3.33. The molecule has 0 saturated heterocycles. The van der Waals surface area contributed by atoms with Crippen LogP contribution in [-0.4, -0.2) is 67.5 Å². The van der Waals surface area contributed by atoms with E-state index in [0.29, 0.717) is 38.0 Å². The lowest BCUT2D eigenvalue weighted by molar-refractivity contribution is -0.170. The second kappa shape index (κ2) is 12.6. The third-order valence-corrected chi connectivity index (χ3v) is 8.27. The van der Waals surface area contributed by atoms with E-state index in [1.165, 1.54) is 25.4 Å². The first kappa shape index (κ1) is 29.2. The number of ether oxygens (including phenoxy) is 1. The van der Waals surface area contributed by atoms with Crippen LogP contribution in [0.4, 0.5) is 11.5 Å². The van der Waals surface area contributed by atoms with Crippen LogP contribution in [0, 0.1) is 0 Å². The first-order valence-corrected chi connectivity index (χ1v) is 14.9. The monoisotopic (exact) mass is 569 g/mol. The molecule has 40 heavy (non-hydrogen) atoms. The Hall–Kier alpha value is -3.74. The molecule has 11 nitrogen and oxygen atoms in total. The summed E-state index contributed by atoms with van der Waals surface area (Å²) in [6.07, 6.45) is 5.17. The van der Waals surface area contributed by atoms with Gasteiger partial charge in [0.1, 0.15) is 5.56 Å². The zero-order valence-electron chi connectivity index (χ0n) is 22.8. The van der Waals surface area contributed by atoms with Gasteiger partial charge in [-0.2, -0.15) is 5.10 Å². The van der Waals surface area contributed by atoms with Crippen LogP contribution in [0.3, 0.4) is 0 Å². The van der Waals surface area contributed by atoms with E-state index in [2.05, 4.69) is 20.8 Å². The molecule has 1 aliphatic carbocycles. The van der Waals surface area contributed by atoms with Gasteiger partial charge in [0.15, 0.2) is 15.7 Å². The van der Waals surface area contributed by atoms with E-state index in [1.54, 1.807) is 19.2 Å². The summed E-state index contributed by atoms with van der Waals surface area (Å²) in [5.41, 5.74) is 1.13. The van der Waals surface area contributed by atoms with Crippen molar-refractivity contribution >= 4 is 33.2 Å². The lowest BCUT2D eigenvalue weighted by Crippen LogP contribution is -2.54. The minimum absolute atomic E-state index is 0.0153. The maximum absolute atomic E-state index is 13.5. The molecule has 1 heterocycles. The number of benzene rings is 2. The van der Waals surface area contributed by atoms with Gasteiger partial charge in [-0.05, 0) is 55.5 Å². The number of amides is 2. The maximum Gasteiger partial charge on any atom is 0.257 e. The summed E-state index contributed by atoms with van der Waals surface area (Å²) in [5.74, 6) is -0.358. The summed E-state index contributed by atoms with van der Waals surface area (Å²) in [6.45, 7) is 0.505. The van der Waals surface area contributed by atoms with E-state index in [1.807, 2.05) is 30.3 Å². The molecule has 0 aliphatic heterocycles. The highest BCUT2D eigenvalue weighted by atomic mass is 32.2. The van der Waals surface area contributed by atoms with Crippen LogP contribution >= 0.6 is 0 Å². The highest BCUT2D eigenvalue weighted by Crippen LogP contribution is 2.34. The molecule has 1 saturated carbocycles. The zero-order chi connectivity index (χ0) is 28.8. The fourth-order valence-corrected chi connectivity index (χ4v) is 5.37. The van der Waals surface area contributed by atoms with Crippen molar-refractivity contribution in [1.29, 1.82) is 0 Å². The molecule has 0 spiro atoms. The molecule has 214 valence electrons. The number of nitrogens with one attached hydrogen (secondary N) is 3. The number of nitrogens with zero attached hydrogens (tertiary/aromatic N) is 2. The van der Waals surface area contributed by atoms with Crippen LogP contribution in [0.1, 0.15) is 48.0 Å². The number of sulfone groups is 1. The molecule has 2 aromatic carbocycles. The van der Waals surface area contributed by atoms with Crippen molar-refractivity contribution in [2.24, 2.45) is 0 Å². The fourth-order valence-electron chi connectivity index (χ4n) is 4.74. The fraction of sp³-hybridized carbons (Fsp3) is 0.393. The normalized spacial score (nSPS) is 19.1. The van der Waals surface area contributed by atoms with Gasteiger partial charge in [0.05, 0.1) is 31.1 Å². The molecular formula is C28H35N5O6S. The number of anilines is 2. The molecule has 0 radical (unpaired) electrons. The number of hydroxylamine groups is 2. The number of hydrogen-bond donors (Lipinski definition) is 3. The Bertz CT molecular complexity index is 1400. The average molecular weight is 570 g/mol. The predicted octanol–water partition coefficient (Wildman–Crippen LogP) is 3.59. The Morgan fingerprint density at radius 3 is 2.40 bits per heavy atom. The Labute approximate surface area is 234 Å². The van der Waals surface area contributed by atoms with Crippen LogP contribution in [0.2, 0.25) is 0 Å². The lowest BCUT2D eigenvalue weighted by Gasteiger charge is -2.41. The number of carbonyl (C=O) groups is 2. The van der Waals surface area contributed by atoms with Gasteiger partial charge < -0.3 is 15.4 Å². The molecule has 1 fully saturated rings. The second-order valence-corrected chi connectivity index (χ2v) is 12.1. The van der Waals surface area contributed by atoms with E-state index in [4.69, 9.17) is 9.57 Å². The Morgan fingerprint density at radius 1 is 1.10 bits per heavy atom. The molecule has 1 aliphatic rings. The van der Waals surface area contributed by atoms with Crippen molar-refractivity contribution in [2.45, 2.75) is 55.2 Å². The number of carbonyl (C=O) groups excluding carboxylic acids is 2. The lowest BCUT2D eigenvalue weighted by atomic mass is 9.77. The molecule has 0 unspecified atom stereocenters. The van der Waals surface area contributed by atoms with Crippen molar-refractivity contribution in [3.05, 3.63) is 71.9 Å². The van der Waals surface area contributed by atoms with Gasteiger partial charge in [0.25, 0.3) is 5.91 Å². The topological polar surface area (TPSA) is 143 Å². The first-order valence-electron chi connectivity index (χ1n) is 13.0. The van der Waals surface area contributed by atoms with Crippen molar-refractivity contribution in [3.8, 4) is 0 Å². The van der Waals surface area contributed by atoms with Gasteiger partial charge >= 0.3 is 0 Å². The predicted molar refractivity (Wildman–Crippen MR) is 150 cm³/mol. The van der Waals surface area contributed by atoms with Gasteiger partial charge in [-0.25, -0.2) is 13.5 Å². The van der Waals surface area contributed by atoms with Crippen LogP contribution in [0.5, 0.6) is 0 Å². The number of rotatable bonds is 11. The van der Waals surface area contributed by atoms with Crippen LogP contribution in [-0.2, 0) is 30.8 Å².